The Bertz CT molecular complexity index is 1110. The molecule has 0 bridgehead atoms. The second-order valence-corrected chi connectivity index (χ2v) is 9.36. The molecule has 0 saturated carbocycles. The van der Waals surface area contributed by atoms with Crippen molar-refractivity contribution in [3.8, 4) is 11.5 Å². The van der Waals surface area contributed by atoms with Crippen molar-refractivity contribution in [3.05, 3.63) is 46.5 Å². The van der Waals surface area contributed by atoms with Crippen LogP contribution in [0.4, 0.5) is 5.13 Å². The molecule has 1 aliphatic rings. The number of aromatic nitrogens is 1. The first-order valence-electron chi connectivity index (χ1n) is 11.6. The van der Waals surface area contributed by atoms with Crippen LogP contribution in [0.15, 0.2) is 30.3 Å². The van der Waals surface area contributed by atoms with E-state index >= 15 is 0 Å². The number of aryl methyl sites for hydroxylation is 1. The minimum Gasteiger partial charge on any atom is -0.490 e. The summed E-state index contributed by atoms with van der Waals surface area (Å²) in [6, 6.07) is 9.16. The van der Waals surface area contributed by atoms with Gasteiger partial charge in [-0.2, -0.15) is 0 Å². The number of carbonyl (C=O) groups excluding carboxylic acids is 1. The van der Waals surface area contributed by atoms with E-state index in [-0.39, 0.29) is 18.3 Å². The van der Waals surface area contributed by atoms with E-state index in [0.717, 1.165) is 35.4 Å². The molecule has 2 aromatic carbocycles. The summed E-state index contributed by atoms with van der Waals surface area (Å²) in [5.41, 5.74) is 2.39. The number of thiazole rings is 1. The highest BCUT2D eigenvalue weighted by molar-refractivity contribution is 7.23. The molecule has 35 heavy (non-hydrogen) atoms. The maximum Gasteiger partial charge on any atom is 0.260 e. The molecule has 0 atom stereocenters. The number of carbonyl (C=O) groups is 1. The Balaban J connectivity index is 0.00000342. The van der Waals surface area contributed by atoms with Gasteiger partial charge >= 0.3 is 0 Å². The van der Waals surface area contributed by atoms with Crippen LogP contribution < -0.4 is 14.4 Å². The van der Waals surface area contributed by atoms with Gasteiger partial charge in [-0.3, -0.25) is 14.6 Å². The number of hydrogen-bond acceptors (Lipinski definition) is 7. The lowest BCUT2D eigenvalue weighted by molar-refractivity contribution is 0.0391. The zero-order chi connectivity index (χ0) is 24.1. The SMILES string of the molecule is CCOc1ccc(C(=O)N(CCN2CCOCC2)c2nc3c(C)ccc(Cl)c3s2)cc1OCC.Cl. The maximum absolute atomic E-state index is 13.8. The molecular weight excluding hydrogens is 509 g/mol. The van der Waals surface area contributed by atoms with E-state index in [0.29, 0.717) is 60.2 Å². The highest BCUT2D eigenvalue weighted by Gasteiger charge is 2.25. The Morgan fingerprint density at radius 3 is 2.54 bits per heavy atom. The van der Waals surface area contributed by atoms with Gasteiger partial charge in [-0.15, -0.1) is 12.4 Å². The lowest BCUT2D eigenvalue weighted by atomic mass is 10.1. The van der Waals surface area contributed by atoms with E-state index in [2.05, 4.69) is 4.90 Å². The van der Waals surface area contributed by atoms with Crippen molar-refractivity contribution in [1.82, 2.24) is 9.88 Å². The Morgan fingerprint density at radius 2 is 1.86 bits per heavy atom. The van der Waals surface area contributed by atoms with Crippen molar-refractivity contribution < 1.29 is 19.0 Å². The van der Waals surface area contributed by atoms with Gasteiger partial charge in [0.1, 0.15) is 0 Å². The molecule has 1 aliphatic heterocycles. The summed E-state index contributed by atoms with van der Waals surface area (Å²) in [6.07, 6.45) is 0. The number of anilines is 1. The fraction of sp³-hybridized carbons (Fsp3) is 0.440. The molecule has 4 rings (SSSR count). The van der Waals surface area contributed by atoms with E-state index in [1.807, 2.05) is 32.9 Å². The molecule has 7 nitrogen and oxygen atoms in total. The van der Waals surface area contributed by atoms with Crippen molar-refractivity contribution >= 4 is 56.6 Å². The Kier molecular flexibility index (Phi) is 10.0. The van der Waals surface area contributed by atoms with Crippen LogP contribution >= 0.6 is 35.3 Å². The molecule has 1 aromatic heterocycles. The first-order valence-corrected chi connectivity index (χ1v) is 12.8. The number of nitrogens with zero attached hydrogens (tertiary/aromatic N) is 3. The normalized spacial score (nSPS) is 13.9. The van der Waals surface area contributed by atoms with Crippen molar-refractivity contribution in [2.45, 2.75) is 20.8 Å². The van der Waals surface area contributed by atoms with Crippen LogP contribution in [0.3, 0.4) is 0 Å². The highest BCUT2D eigenvalue weighted by atomic mass is 35.5. The third-order valence-corrected chi connectivity index (χ3v) is 7.23. The third kappa shape index (κ3) is 6.37. The molecule has 10 heteroatoms. The summed E-state index contributed by atoms with van der Waals surface area (Å²) in [5, 5.41) is 1.28. The standard InChI is InChI=1S/C25H30ClN3O4S.ClH/c1-4-32-20-9-7-18(16-21(20)33-5-2)24(30)29(11-10-28-12-14-31-15-13-28)25-27-22-17(3)6-8-19(26)23(22)34-25;/h6-9,16H,4-5,10-15H2,1-3H3;1H. The maximum atomic E-state index is 13.8. The predicted molar refractivity (Wildman–Crippen MR) is 144 cm³/mol. The molecule has 190 valence electrons. The van der Waals surface area contributed by atoms with E-state index in [1.54, 1.807) is 23.1 Å². The summed E-state index contributed by atoms with van der Waals surface area (Å²) in [6.45, 7) is 11.2. The van der Waals surface area contributed by atoms with Crippen molar-refractivity contribution in [3.63, 3.8) is 0 Å². The topological polar surface area (TPSA) is 64.1 Å². The fourth-order valence-corrected chi connectivity index (χ4v) is 5.24. The van der Waals surface area contributed by atoms with Crippen LogP contribution in [-0.4, -0.2) is 68.4 Å². The lowest BCUT2D eigenvalue weighted by Crippen LogP contribution is -2.43. The molecule has 0 N–H and O–H groups in total. The molecule has 1 amide bonds. The van der Waals surface area contributed by atoms with Gasteiger partial charge in [-0.25, -0.2) is 4.98 Å². The fourth-order valence-electron chi connectivity index (χ4n) is 3.90. The first-order chi connectivity index (χ1) is 16.5. The summed E-state index contributed by atoms with van der Waals surface area (Å²) in [4.78, 5) is 22.7. The number of benzene rings is 2. The largest absolute Gasteiger partial charge is 0.490 e. The zero-order valence-corrected chi connectivity index (χ0v) is 22.6. The van der Waals surface area contributed by atoms with Crippen molar-refractivity contribution in [1.29, 1.82) is 0 Å². The van der Waals surface area contributed by atoms with Gasteiger partial charge in [-0.05, 0) is 50.6 Å². The minimum atomic E-state index is -0.134. The average molecular weight is 541 g/mol. The summed E-state index contributed by atoms with van der Waals surface area (Å²) >= 11 is 7.90. The Labute approximate surface area is 221 Å². The smallest absolute Gasteiger partial charge is 0.260 e. The molecule has 0 radical (unpaired) electrons. The van der Waals surface area contributed by atoms with Crippen LogP contribution in [0, 0.1) is 6.92 Å². The van der Waals surface area contributed by atoms with Crippen LogP contribution in [0.25, 0.3) is 10.2 Å². The molecule has 1 saturated heterocycles. The summed E-state index contributed by atoms with van der Waals surface area (Å²) in [7, 11) is 0. The minimum absolute atomic E-state index is 0. The number of ether oxygens (including phenoxy) is 3. The van der Waals surface area contributed by atoms with Gasteiger partial charge in [0.05, 0.1) is 41.7 Å². The number of morpholine rings is 1. The van der Waals surface area contributed by atoms with Gasteiger partial charge in [0.2, 0.25) is 0 Å². The zero-order valence-electron chi connectivity index (χ0n) is 20.2. The highest BCUT2D eigenvalue weighted by Crippen LogP contribution is 2.37. The number of hydrogen-bond donors (Lipinski definition) is 0. The van der Waals surface area contributed by atoms with Gasteiger partial charge in [-0.1, -0.05) is 29.0 Å². The first kappa shape index (κ1) is 27.5. The quantitative estimate of drug-likeness (QED) is 0.360. The second kappa shape index (κ2) is 12.7. The van der Waals surface area contributed by atoms with Gasteiger partial charge < -0.3 is 14.2 Å². The predicted octanol–water partition coefficient (Wildman–Crippen LogP) is 5.46. The number of amides is 1. The van der Waals surface area contributed by atoms with Crippen molar-refractivity contribution in [2.75, 3.05) is 57.5 Å². The Morgan fingerprint density at radius 1 is 1.14 bits per heavy atom. The molecular formula is C25H31Cl2N3O4S. The van der Waals surface area contributed by atoms with E-state index < -0.39 is 0 Å². The van der Waals surface area contributed by atoms with Crippen LogP contribution in [0.1, 0.15) is 29.8 Å². The second-order valence-electron chi connectivity index (χ2n) is 7.98. The average Bonchev–Trinajstić information content (AvgIpc) is 3.30. The van der Waals surface area contributed by atoms with Crippen molar-refractivity contribution in [2.24, 2.45) is 0 Å². The summed E-state index contributed by atoms with van der Waals surface area (Å²) in [5.74, 6) is 1.06. The van der Waals surface area contributed by atoms with Gasteiger partial charge in [0.25, 0.3) is 5.91 Å². The van der Waals surface area contributed by atoms with Gasteiger partial charge in [0, 0.05) is 31.7 Å². The van der Waals surface area contributed by atoms with Crippen LogP contribution in [-0.2, 0) is 4.74 Å². The molecule has 1 fully saturated rings. The van der Waals surface area contributed by atoms with Crippen LogP contribution in [0.5, 0.6) is 11.5 Å². The monoisotopic (exact) mass is 539 g/mol. The Hall–Kier alpha value is -2.10. The number of fused-ring (bicyclic) bond motifs is 1. The van der Waals surface area contributed by atoms with E-state index in [9.17, 15) is 4.79 Å². The molecule has 3 aromatic rings. The molecule has 0 aliphatic carbocycles. The van der Waals surface area contributed by atoms with E-state index in [4.69, 9.17) is 30.8 Å². The van der Waals surface area contributed by atoms with Gasteiger partial charge in [0.15, 0.2) is 16.6 Å². The lowest BCUT2D eigenvalue weighted by Gasteiger charge is -2.29. The van der Waals surface area contributed by atoms with Crippen LogP contribution in [0.2, 0.25) is 5.02 Å². The number of rotatable bonds is 9. The number of halogens is 2. The van der Waals surface area contributed by atoms with E-state index in [1.165, 1.54) is 11.3 Å². The molecule has 0 spiro atoms. The molecule has 0 unspecified atom stereocenters. The summed E-state index contributed by atoms with van der Waals surface area (Å²) < 4.78 is 17.8. The third-order valence-electron chi connectivity index (χ3n) is 5.70. The molecule has 2 heterocycles.